The van der Waals surface area contributed by atoms with Crippen molar-refractivity contribution < 1.29 is 4.74 Å². The molecule has 3 N–H and O–H groups in total. The highest BCUT2D eigenvalue weighted by Crippen LogP contribution is 2.32. The van der Waals surface area contributed by atoms with E-state index < -0.39 is 0 Å². The van der Waals surface area contributed by atoms with Crippen LogP contribution >= 0.6 is 0 Å². The second-order valence-electron chi connectivity index (χ2n) is 3.25. The summed E-state index contributed by atoms with van der Waals surface area (Å²) in [6.45, 7) is 0. The van der Waals surface area contributed by atoms with E-state index in [1.807, 2.05) is 18.3 Å². The number of fused-ring (bicyclic) bond motifs is 1. The number of nitrogens with one attached hydrogen (secondary N) is 1. The molecule has 0 atom stereocenters. The van der Waals surface area contributed by atoms with Gasteiger partial charge in [0.2, 0.25) is 0 Å². The van der Waals surface area contributed by atoms with Crippen LogP contribution in [0.25, 0.3) is 10.9 Å². The largest absolute Gasteiger partial charge is 0.495 e. The molecule has 0 radical (unpaired) electrons. The molecule has 0 unspecified atom stereocenters. The molecule has 15 heavy (non-hydrogen) atoms. The van der Waals surface area contributed by atoms with E-state index in [0.717, 1.165) is 16.5 Å². The molecule has 0 aliphatic heterocycles. The summed E-state index contributed by atoms with van der Waals surface area (Å²) >= 11 is 0. The summed E-state index contributed by atoms with van der Waals surface area (Å²) in [6, 6.07) is 5.81. The smallest absolute Gasteiger partial charge is 0.142 e. The molecule has 76 valence electrons. The number of hydrogen-bond acceptors (Lipinski definition) is 3. The normalized spacial score (nSPS) is 10.1. The summed E-state index contributed by atoms with van der Waals surface area (Å²) in [4.78, 5) is 3.08. The molecular formula is C11H11N3O. The summed E-state index contributed by atoms with van der Waals surface area (Å²) in [5.74, 6) is 0.640. The molecule has 0 aliphatic carbocycles. The van der Waals surface area contributed by atoms with Gasteiger partial charge in [0.05, 0.1) is 25.3 Å². The van der Waals surface area contributed by atoms with E-state index in [2.05, 4.69) is 11.1 Å². The third-order valence-corrected chi connectivity index (χ3v) is 2.42. The molecule has 2 rings (SSSR count). The SMILES string of the molecule is COc1ccc2[nH]cc(CC#N)c2c1N. The van der Waals surface area contributed by atoms with Crippen molar-refractivity contribution in [3.05, 3.63) is 23.9 Å². The number of hydrogen-bond donors (Lipinski definition) is 2. The molecule has 0 fully saturated rings. The molecule has 0 saturated carbocycles. The van der Waals surface area contributed by atoms with Crippen molar-refractivity contribution in [3.8, 4) is 11.8 Å². The number of H-pyrrole nitrogens is 1. The zero-order valence-corrected chi connectivity index (χ0v) is 8.37. The Balaban J connectivity index is 2.71. The Hall–Kier alpha value is -2.15. The van der Waals surface area contributed by atoms with E-state index in [1.54, 1.807) is 7.11 Å². The highest BCUT2D eigenvalue weighted by Gasteiger charge is 2.10. The molecule has 1 aromatic carbocycles. The first kappa shape index (κ1) is 9.41. The summed E-state index contributed by atoms with van der Waals surface area (Å²) in [6.07, 6.45) is 2.15. The Labute approximate surface area is 87.3 Å². The Bertz CT molecular complexity index is 536. The number of benzene rings is 1. The number of nitrogens with zero attached hydrogens (tertiary/aromatic N) is 1. The number of aromatic nitrogens is 1. The molecule has 1 aromatic heterocycles. The maximum Gasteiger partial charge on any atom is 0.142 e. The Morgan fingerprint density at radius 2 is 2.33 bits per heavy atom. The lowest BCUT2D eigenvalue weighted by atomic mass is 10.1. The van der Waals surface area contributed by atoms with Crippen LogP contribution in [0.5, 0.6) is 5.75 Å². The van der Waals surface area contributed by atoms with Crippen LogP contribution in [-0.4, -0.2) is 12.1 Å². The van der Waals surface area contributed by atoms with Gasteiger partial charge in [0.15, 0.2) is 0 Å². The van der Waals surface area contributed by atoms with E-state index >= 15 is 0 Å². The molecular weight excluding hydrogens is 190 g/mol. The molecule has 0 bridgehead atoms. The van der Waals surface area contributed by atoms with Gasteiger partial charge in [-0.2, -0.15) is 5.26 Å². The lowest BCUT2D eigenvalue weighted by molar-refractivity contribution is 0.417. The van der Waals surface area contributed by atoms with E-state index in [9.17, 15) is 0 Å². The van der Waals surface area contributed by atoms with Crippen LogP contribution in [0.15, 0.2) is 18.3 Å². The lowest BCUT2D eigenvalue weighted by Gasteiger charge is -2.05. The summed E-state index contributed by atoms with van der Waals surface area (Å²) in [5.41, 5.74) is 8.37. The van der Waals surface area contributed by atoms with Crippen molar-refractivity contribution in [2.75, 3.05) is 12.8 Å². The van der Waals surface area contributed by atoms with Crippen LogP contribution in [-0.2, 0) is 6.42 Å². The van der Waals surface area contributed by atoms with Crippen LogP contribution in [0.3, 0.4) is 0 Å². The van der Waals surface area contributed by atoms with Crippen molar-refractivity contribution in [1.82, 2.24) is 4.98 Å². The number of ether oxygens (including phenoxy) is 1. The minimum atomic E-state index is 0.345. The molecule has 2 aromatic rings. The van der Waals surface area contributed by atoms with Crippen LogP contribution in [0.4, 0.5) is 5.69 Å². The zero-order valence-electron chi connectivity index (χ0n) is 8.37. The van der Waals surface area contributed by atoms with Gasteiger partial charge in [0.1, 0.15) is 5.75 Å². The predicted molar refractivity (Wildman–Crippen MR) is 58.6 cm³/mol. The maximum atomic E-state index is 8.68. The van der Waals surface area contributed by atoms with Crippen LogP contribution in [0, 0.1) is 11.3 Å². The minimum absolute atomic E-state index is 0.345. The summed E-state index contributed by atoms with van der Waals surface area (Å²) < 4.78 is 5.13. The van der Waals surface area contributed by atoms with Crippen molar-refractivity contribution in [2.45, 2.75) is 6.42 Å². The number of rotatable bonds is 2. The fourth-order valence-corrected chi connectivity index (χ4v) is 1.71. The van der Waals surface area contributed by atoms with Gasteiger partial charge < -0.3 is 15.5 Å². The van der Waals surface area contributed by atoms with Gasteiger partial charge in [-0.25, -0.2) is 0 Å². The maximum absolute atomic E-state index is 8.68. The highest BCUT2D eigenvalue weighted by atomic mass is 16.5. The van der Waals surface area contributed by atoms with Crippen molar-refractivity contribution in [2.24, 2.45) is 0 Å². The number of nitriles is 1. The second kappa shape index (κ2) is 3.54. The fourth-order valence-electron chi connectivity index (χ4n) is 1.71. The third-order valence-electron chi connectivity index (χ3n) is 2.42. The third kappa shape index (κ3) is 1.38. The van der Waals surface area contributed by atoms with Gasteiger partial charge in [-0.15, -0.1) is 0 Å². The van der Waals surface area contributed by atoms with E-state index in [-0.39, 0.29) is 0 Å². The van der Waals surface area contributed by atoms with Gasteiger partial charge in [0.25, 0.3) is 0 Å². The molecule has 1 heterocycles. The summed E-state index contributed by atoms with van der Waals surface area (Å²) in [7, 11) is 1.58. The quantitative estimate of drug-likeness (QED) is 0.728. The number of aromatic amines is 1. The number of nitrogens with two attached hydrogens (primary N) is 1. The highest BCUT2D eigenvalue weighted by molar-refractivity contribution is 5.97. The van der Waals surface area contributed by atoms with Gasteiger partial charge in [0, 0.05) is 17.1 Å². The molecule has 4 nitrogen and oxygen atoms in total. The van der Waals surface area contributed by atoms with Crippen LogP contribution in [0.2, 0.25) is 0 Å². The van der Waals surface area contributed by atoms with E-state index in [1.165, 1.54) is 0 Å². The monoisotopic (exact) mass is 201 g/mol. The average Bonchev–Trinajstić information content (AvgIpc) is 2.64. The number of anilines is 1. The zero-order chi connectivity index (χ0) is 10.8. The molecule has 0 amide bonds. The second-order valence-corrected chi connectivity index (χ2v) is 3.25. The first-order valence-corrected chi connectivity index (χ1v) is 4.57. The van der Waals surface area contributed by atoms with E-state index in [0.29, 0.717) is 17.9 Å². The standard InChI is InChI=1S/C11H11N3O/c1-15-9-3-2-8-10(11(9)13)7(4-5-12)6-14-8/h2-3,6,14H,4,13H2,1H3. The van der Waals surface area contributed by atoms with Gasteiger partial charge >= 0.3 is 0 Å². The number of nitrogen functional groups attached to an aromatic ring is 1. The molecule has 0 spiro atoms. The molecule has 0 saturated heterocycles. The van der Waals surface area contributed by atoms with E-state index in [4.69, 9.17) is 15.7 Å². The fraction of sp³-hybridized carbons (Fsp3) is 0.182. The Kier molecular flexibility index (Phi) is 2.22. The predicted octanol–water partition coefficient (Wildman–Crippen LogP) is 1.82. The first-order chi connectivity index (χ1) is 7.27. The number of methoxy groups -OCH3 is 1. The average molecular weight is 201 g/mol. The first-order valence-electron chi connectivity index (χ1n) is 4.57. The van der Waals surface area contributed by atoms with Gasteiger partial charge in [-0.05, 0) is 17.7 Å². The van der Waals surface area contributed by atoms with Gasteiger partial charge in [-0.1, -0.05) is 0 Å². The summed E-state index contributed by atoms with van der Waals surface area (Å²) in [5, 5.41) is 9.56. The lowest BCUT2D eigenvalue weighted by Crippen LogP contribution is -1.93. The minimum Gasteiger partial charge on any atom is -0.495 e. The van der Waals surface area contributed by atoms with Crippen LogP contribution in [0.1, 0.15) is 5.56 Å². The topological polar surface area (TPSA) is 74.8 Å². The molecule has 0 aliphatic rings. The van der Waals surface area contributed by atoms with Crippen molar-refractivity contribution in [1.29, 1.82) is 5.26 Å². The molecule has 4 heteroatoms. The van der Waals surface area contributed by atoms with Crippen LogP contribution < -0.4 is 10.5 Å². The van der Waals surface area contributed by atoms with Crippen molar-refractivity contribution >= 4 is 16.6 Å². The van der Waals surface area contributed by atoms with Crippen molar-refractivity contribution in [3.63, 3.8) is 0 Å². The Morgan fingerprint density at radius 1 is 1.53 bits per heavy atom. The Morgan fingerprint density at radius 3 is 3.00 bits per heavy atom. The van der Waals surface area contributed by atoms with Gasteiger partial charge in [-0.3, -0.25) is 0 Å².